The molecule has 15 nitrogen and oxygen atoms in total. The lowest BCUT2D eigenvalue weighted by Gasteiger charge is -2.36. The van der Waals surface area contributed by atoms with Crippen molar-refractivity contribution in [3.63, 3.8) is 0 Å². The van der Waals surface area contributed by atoms with Crippen molar-refractivity contribution in [1.29, 1.82) is 0 Å². The Morgan fingerprint density at radius 2 is 1.73 bits per heavy atom. The van der Waals surface area contributed by atoms with Crippen LogP contribution in [0.5, 0.6) is 11.6 Å². The number of rotatable bonds is 8. The average molecular weight is 923 g/mol. The summed E-state index contributed by atoms with van der Waals surface area (Å²) in [6.07, 6.45) is -11.3. The number of hydrogen-bond donors (Lipinski definition) is 3. The third-order valence-corrected chi connectivity index (χ3v) is 14.9. The fourth-order valence-corrected chi connectivity index (χ4v) is 9.81. The zero-order valence-electron chi connectivity index (χ0n) is 35.0. The highest BCUT2D eigenvalue weighted by Crippen LogP contribution is 2.50. The van der Waals surface area contributed by atoms with Crippen LogP contribution in [-0.4, -0.2) is 101 Å². The molecule has 2 aromatic rings. The number of sulfonamides is 1. The van der Waals surface area contributed by atoms with Crippen molar-refractivity contribution in [3.8, 4) is 11.6 Å². The largest absolute Gasteiger partial charge is 0.573 e. The van der Waals surface area contributed by atoms with E-state index in [-0.39, 0.29) is 42.6 Å². The molecule has 348 valence electrons. The van der Waals surface area contributed by atoms with Crippen molar-refractivity contribution >= 4 is 44.9 Å². The molecule has 1 saturated heterocycles. The predicted octanol–water partition coefficient (Wildman–Crippen LogP) is 5.85. The number of ether oxygens (including phenoxy) is 3. The van der Waals surface area contributed by atoms with E-state index in [1.807, 2.05) is 4.72 Å². The van der Waals surface area contributed by atoms with Gasteiger partial charge in [0.1, 0.15) is 35.6 Å². The SMILES string of the molecule is CC[C@@H]1[C@@H]2CN(C(=O)[C@H](C(C)(C)C)NC(=O)O[C@@H]3C[C@H]3CCCCC(F)(F)c3nc4ccc(OC(F)(F)F)cc4nc3O2)[C@@H]1C(=O)N[C@]1(C(=O)NS(=O)(=O)C2(C)CC2)C[C@H]1C(F)F. The minimum atomic E-state index is -5.12. The number of nitrogens with one attached hydrogen (secondary N) is 3. The van der Waals surface area contributed by atoms with Crippen LogP contribution in [0, 0.1) is 23.2 Å². The van der Waals surface area contributed by atoms with Gasteiger partial charge >= 0.3 is 12.5 Å². The fourth-order valence-electron chi connectivity index (χ4n) is 8.50. The van der Waals surface area contributed by atoms with Crippen molar-refractivity contribution in [2.75, 3.05) is 6.54 Å². The second-order valence-corrected chi connectivity index (χ2v) is 20.8. The van der Waals surface area contributed by atoms with Crippen molar-refractivity contribution in [2.45, 2.75) is 146 Å². The molecule has 23 heteroatoms. The van der Waals surface area contributed by atoms with Crippen LogP contribution >= 0.6 is 0 Å². The molecule has 7 rings (SSSR count). The molecule has 4 amide bonds. The highest BCUT2D eigenvalue weighted by Gasteiger charge is 2.68. The molecule has 1 aromatic heterocycles. The number of fused-ring (bicyclic) bond motifs is 5. The van der Waals surface area contributed by atoms with Gasteiger partial charge in [0.2, 0.25) is 34.1 Å². The van der Waals surface area contributed by atoms with Crippen LogP contribution in [0.4, 0.5) is 35.5 Å². The van der Waals surface area contributed by atoms with Gasteiger partial charge in [-0.15, -0.1) is 13.2 Å². The quantitative estimate of drug-likeness (QED) is 0.269. The zero-order valence-corrected chi connectivity index (χ0v) is 35.8. The topological polar surface area (TPSA) is 195 Å². The first-order chi connectivity index (χ1) is 29.2. The van der Waals surface area contributed by atoms with E-state index in [0.29, 0.717) is 19.3 Å². The van der Waals surface area contributed by atoms with E-state index >= 15 is 8.78 Å². The number of hydrogen-bond acceptors (Lipinski definition) is 11. The van der Waals surface area contributed by atoms with E-state index in [1.54, 1.807) is 27.7 Å². The van der Waals surface area contributed by atoms with E-state index in [0.717, 1.165) is 23.1 Å². The van der Waals surface area contributed by atoms with Crippen LogP contribution in [-0.2, 0) is 35.1 Å². The van der Waals surface area contributed by atoms with Crippen molar-refractivity contribution in [2.24, 2.45) is 23.2 Å². The third-order valence-electron chi connectivity index (χ3n) is 12.8. The number of carbonyl (C=O) groups is 4. The molecular formula is C40H49F7N6O9S. The molecule has 8 atom stereocenters. The number of amides is 4. The van der Waals surface area contributed by atoms with Gasteiger partial charge < -0.3 is 29.7 Å². The Morgan fingerprint density at radius 1 is 1.03 bits per heavy atom. The third kappa shape index (κ3) is 9.43. The number of nitrogens with zero attached hydrogens (tertiary/aromatic N) is 3. The molecule has 2 aliphatic heterocycles. The van der Waals surface area contributed by atoms with Crippen molar-refractivity contribution < 1.29 is 72.5 Å². The van der Waals surface area contributed by atoms with Crippen LogP contribution in [0.3, 0.4) is 0 Å². The number of alkyl halides is 7. The van der Waals surface area contributed by atoms with Gasteiger partial charge in [0.25, 0.3) is 11.8 Å². The molecule has 3 heterocycles. The maximum absolute atomic E-state index is 16.4. The minimum Gasteiger partial charge on any atom is -0.471 e. The maximum Gasteiger partial charge on any atom is 0.573 e. The van der Waals surface area contributed by atoms with Gasteiger partial charge in [-0.2, -0.15) is 8.78 Å². The molecule has 3 saturated carbocycles. The number of halogens is 7. The molecule has 0 unspecified atom stereocenters. The van der Waals surface area contributed by atoms with Gasteiger partial charge in [-0.05, 0) is 75.3 Å². The summed E-state index contributed by atoms with van der Waals surface area (Å²) in [5.74, 6) is -12.0. The first-order valence-corrected chi connectivity index (χ1v) is 22.2. The Morgan fingerprint density at radius 3 is 2.33 bits per heavy atom. The van der Waals surface area contributed by atoms with Crippen molar-refractivity contribution in [3.05, 3.63) is 23.9 Å². The number of benzene rings is 1. The summed E-state index contributed by atoms with van der Waals surface area (Å²) in [5.41, 5.74) is -5.09. The van der Waals surface area contributed by atoms with Crippen LogP contribution < -0.4 is 24.8 Å². The Labute approximate surface area is 358 Å². The Hall–Kier alpha value is -4.70. The van der Waals surface area contributed by atoms with E-state index < -0.39 is 141 Å². The summed E-state index contributed by atoms with van der Waals surface area (Å²) in [5, 5.41) is 4.91. The lowest BCUT2D eigenvalue weighted by atomic mass is 9.85. The highest BCUT2D eigenvalue weighted by molar-refractivity contribution is 7.91. The number of carbonyl (C=O) groups excluding carboxylic acids is 4. The second-order valence-electron chi connectivity index (χ2n) is 18.6. The minimum absolute atomic E-state index is 0.0347. The lowest BCUT2D eigenvalue weighted by molar-refractivity contribution is -0.274. The first kappa shape index (κ1) is 46.3. The fraction of sp³-hybridized carbons (Fsp3) is 0.700. The maximum atomic E-state index is 16.4. The molecule has 1 aromatic carbocycles. The van der Waals surface area contributed by atoms with Crippen LogP contribution in [0.2, 0.25) is 0 Å². The first-order valence-electron chi connectivity index (χ1n) is 20.8. The molecule has 5 aliphatic rings. The number of aromatic nitrogens is 2. The Balaban J connectivity index is 1.31. The summed E-state index contributed by atoms with van der Waals surface area (Å²) in [7, 11) is -4.38. The lowest BCUT2D eigenvalue weighted by Crippen LogP contribution is -2.61. The molecule has 0 radical (unpaired) electrons. The van der Waals surface area contributed by atoms with Crippen LogP contribution in [0.1, 0.15) is 98.1 Å². The monoisotopic (exact) mass is 922 g/mol. The van der Waals surface area contributed by atoms with Gasteiger partial charge in [0.15, 0.2) is 5.69 Å². The summed E-state index contributed by atoms with van der Waals surface area (Å²) in [4.78, 5) is 65.7. The summed E-state index contributed by atoms with van der Waals surface area (Å²) < 4.78 is 143. The summed E-state index contributed by atoms with van der Waals surface area (Å²) in [6.45, 7) is 7.13. The van der Waals surface area contributed by atoms with E-state index in [1.165, 1.54) is 6.92 Å². The smallest absolute Gasteiger partial charge is 0.471 e. The predicted molar refractivity (Wildman–Crippen MR) is 207 cm³/mol. The average Bonchev–Trinajstić information content (AvgIpc) is 4.12. The summed E-state index contributed by atoms with van der Waals surface area (Å²) in [6, 6.07) is -0.460. The van der Waals surface area contributed by atoms with Crippen LogP contribution in [0.25, 0.3) is 11.0 Å². The molecule has 2 bridgehead atoms. The van der Waals surface area contributed by atoms with Gasteiger partial charge in [0.05, 0.1) is 28.2 Å². The van der Waals surface area contributed by atoms with Gasteiger partial charge in [-0.3, -0.25) is 19.1 Å². The van der Waals surface area contributed by atoms with E-state index in [9.17, 15) is 49.5 Å². The number of alkyl carbamates (subject to hydrolysis) is 1. The van der Waals surface area contributed by atoms with Crippen LogP contribution in [0.15, 0.2) is 18.2 Å². The second kappa shape index (κ2) is 16.1. The van der Waals surface area contributed by atoms with E-state index in [2.05, 4.69) is 25.3 Å². The summed E-state index contributed by atoms with van der Waals surface area (Å²) >= 11 is 0. The molecule has 4 fully saturated rings. The Kier molecular flexibility index (Phi) is 11.8. The standard InChI is InChI=1S/C40H49F7N6O9S/c1-6-21-26-18-53(27(21)31(54)51-38(17-22(38)30(41)42)34(56)52-63(58,59)37(5)13-14-37)33(55)29(36(2,3)4)50-35(57)61-25-15-19(25)9-7-8-12-39(43,44)28-32(60-26)49-24-16-20(62-40(45,46)47)10-11-23(24)48-28/h10-11,16,19,21-22,25-27,29-30H,6-9,12-15,17-18H2,1-5H3,(H,50,57)(H,51,54)(H,52,56)/t19-,21-,22+,25-,26+,27+,29-,38-/m1/s1. The van der Waals surface area contributed by atoms with Gasteiger partial charge in [-0.25, -0.2) is 32.0 Å². The molecular weight excluding hydrogens is 874 g/mol. The van der Waals surface area contributed by atoms with Gasteiger partial charge in [0, 0.05) is 18.4 Å². The molecule has 3 N–H and O–H groups in total. The highest BCUT2D eigenvalue weighted by atomic mass is 32.2. The molecule has 63 heavy (non-hydrogen) atoms. The zero-order chi connectivity index (χ0) is 46.2. The molecule has 0 spiro atoms. The normalized spacial score (nSPS) is 30.7. The van der Waals surface area contributed by atoms with Crippen molar-refractivity contribution in [1.82, 2.24) is 30.2 Å². The molecule has 3 aliphatic carbocycles. The van der Waals surface area contributed by atoms with Gasteiger partial charge in [-0.1, -0.05) is 34.1 Å². The Bertz CT molecular complexity index is 2270. The van der Waals surface area contributed by atoms with E-state index in [4.69, 9.17) is 9.47 Å².